The highest BCUT2D eigenvalue weighted by Gasteiger charge is 2.66. The van der Waals surface area contributed by atoms with E-state index in [0.717, 1.165) is 25.9 Å². The Hall–Kier alpha value is -0.613. The quantitative estimate of drug-likeness (QED) is 0.616. The number of hydrogen-bond acceptors (Lipinski definition) is 2. The molecule has 0 aromatic rings. The van der Waals surface area contributed by atoms with Crippen molar-refractivity contribution in [1.29, 1.82) is 0 Å². The molecule has 0 aromatic heterocycles. The highest BCUT2D eigenvalue weighted by Crippen LogP contribution is 2.74. The van der Waals surface area contributed by atoms with Crippen molar-refractivity contribution in [1.82, 2.24) is 0 Å². The number of hydrogen-bond donors (Lipinski definition) is 1. The Morgan fingerprint density at radius 1 is 1.32 bits per heavy atom. The van der Waals surface area contributed by atoms with E-state index in [-0.39, 0.29) is 10.5 Å². The number of allylic oxidation sites excluding steroid dienone is 1. The van der Waals surface area contributed by atoms with Crippen LogP contribution in [0.4, 0.5) is 0 Å². The fourth-order valence-corrected chi connectivity index (χ4v) is 4.31. The zero-order valence-electron chi connectivity index (χ0n) is 12.7. The monoisotopic (exact) mass is 282 g/mol. The topological polar surface area (TPSA) is 46.5 Å². The molecule has 0 unspecified atom stereocenters. The SMILES string of the molecule is CC(C)(C)[Si](C)(C)OCC12CC(/C=C/C(=O)O)(C1)C2. The molecule has 3 nitrogen and oxygen atoms in total. The Labute approximate surface area is 117 Å². The highest BCUT2D eigenvalue weighted by atomic mass is 28.4. The Kier molecular flexibility index (Phi) is 3.26. The lowest BCUT2D eigenvalue weighted by Gasteiger charge is -2.70. The molecule has 0 aromatic carbocycles. The van der Waals surface area contributed by atoms with Gasteiger partial charge in [-0.25, -0.2) is 4.79 Å². The van der Waals surface area contributed by atoms with Gasteiger partial charge >= 0.3 is 5.97 Å². The van der Waals surface area contributed by atoms with Gasteiger partial charge < -0.3 is 9.53 Å². The number of aliphatic carboxylic acids is 1. The van der Waals surface area contributed by atoms with Crippen molar-refractivity contribution in [3.05, 3.63) is 12.2 Å². The zero-order chi connectivity index (χ0) is 14.5. The Morgan fingerprint density at radius 3 is 2.26 bits per heavy atom. The van der Waals surface area contributed by atoms with Crippen LogP contribution in [0.15, 0.2) is 12.2 Å². The first-order valence-corrected chi connectivity index (χ1v) is 9.96. The van der Waals surface area contributed by atoms with Crippen LogP contribution in [0.3, 0.4) is 0 Å². The normalized spacial score (nSPS) is 33.9. The molecule has 4 heteroatoms. The van der Waals surface area contributed by atoms with Crippen LogP contribution in [0, 0.1) is 10.8 Å². The summed E-state index contributed by atoms with van der Waals surface area (Å²) in [5.74, 6) is -0.837. The minimum Gasteiger partial charge on any atom is -0.478 e. The maximum Gasteiger partial charge on any atom is 0.327 e. The van der Waals surface area contributed by atoms with Gasteiger partial charge in [0.2, 0.25) is 0 Å². The van der Waals surface area contributed by atoms with Gasteiger partial charge in [0.15, 0.2) is 8.32 Å². The first-order valence-electron chi connectivity index (χ1n) is 7.06. The number of rotatable bonds is 5. The van der Waals surface area contributed by atoms with Gasteiger partial charge in [-0.15, -0.1) is 0 Å². The van der Waals surface area contributed by atoms with Crippen LogP contribution in [-0.2, 0) is 9.22 Å². The smallest absolute Gasteiger partial charge is 0.327 e. The van der Waals surface area contributed by atoms with E-state index in [9.17, 15) is 4.79 Å². The van der Waals surface area contributed by atoms with Crippen molar-refractivity contribution < 1.29 is 14.3 Å². The molecule has 0 aliphatic heterocycles. The summed E-state index contributed by atoms with van der Waals surface area (Å²) >= 11 is 0. The van der Waals surface area contributed by atoms with Gasteiger partial charge in [0.25, 0.3) is 0 Å². The molecule has 0 saturated heterocycles. The second-order valence-corrected chi connectivity index (χ2v) is 12.9. The molecule has 0 heterocycles. The summed E-state index contributed by atoms with van der Waals surface area (Å²) < 4.78 is 6.31. The molecular formula is C15H26O3Si. The highest BCUT2D eigenvalue weighted by molar-refractivity contribution is 6.74. The van der Waals surface area contributed by atoms with Crippen LogP contribution in [0.25, 0.3) is 0 Å². The molecule has 3 rings (SSSR count). The fraction of sp³-hybridized carbons (Fsp3) is 0.800. The van der Waals surface area contributed by atoms with E-state index in [2.05, 4.69) is 33.9 Å². The molecule has 3 fully saturated rings. The van der Waals surface area contributed by atoms with Gasteiger partial charge in [-0.2, -0.15) is 0 Å². The number of carboxylic acid groups (broad SMARTS) is 1. The van der Waals surface area contributed by atoms with Crippen molar-refractivity contribution in [3.63, 3.8) is 0 Å². The van der Waals surface area contributed by atoms with Crippen molar-refractivity contribution in [3.8, 4) is 0 Å². The second-order valence-electron chi connectivity index (χ2n) is 8.11. The molecule has 3 saturated carbocycles. The molecular weight excluding hydrogens is 256 g/mol. The van der Waals surface area contributed by atoms with Gasteiger partial charge in [0.05, 0.1) is 0 Å². The minimum atomic E-state index is -1.65. The van der Waals surface area contributed by atoms with E-state index in [1.54, 1.807) is 0 Å². The molecule has 3 aliphatic carbocycles. The minimum absolute atomic E-state index is 0.190. The van der Waals surface area contributed by atoms with E-state index in [0.29, 0.717) is 5.41 Å². The summed E-state index contributed by atoms with van der Waals surface area (Å²) in [4.78, 5) is 10.5. The number of carboxylic acids is 1. The van der Waals surface area contributed by atoms with Crippen LogP contribution >= 0.6 is 0 Å². The maximum absolute atomic E-state index is 10.5. The average molecular weight is 282 g/mol. The Bertz CT molecular complexity index is 398. The van der Waals surface area contributed by atoms with Crippen LogP contribution in [0.2, 0.25) is 18.1 Å². The molecule has 2 bridgehead atoms. The first-order chi connectivity index (χ1) is 8.49. The fourth-order valence-electron chi connectivity index (χ4n) is 3.21. The molecule has 3 aliphatic rings. The van der Waals surface area contributed by atoms with Gasteiger partial charge in [-0.1, -0.05) is 26.8 Å². The standard InChI is InChI=1S/C15H26O3Si/c1-13(2,3)19(4,5)18-11-15-8-14(9-15,10-15)7-6-12(16)17/h6-7H,8-11H2,1-5H3,(H,16,17)/b7-6+. The Balaban J connectivity index is 1.82. The third-order valence-electron chi connectivity index (χ3n) is 5.31. The molecule has 108 valence electrons. The summed E-state index contributed by atoms with van der Waals surface area (Å²) in [5, 5.41) is 8.93. The summed E-state index contributed by atoms with van der Waals surface area (Å²) in [6.07, 6.45) is 6.52. The summed E-state index contributed by atoms with van der Waals surface area (Å²) in [7, 11) is -1.65. The third-order valence-corrected chi connectivity index (χ3v) is 9.78. The molecule has 0 radical (unpaired) electrons. The molecule has 0 atom stereocenters. The first kappa shape index (κ1) is 14.8. The van der Waals surface area contributed by atoms with Crippen LogP contribution < -0.4 is 0 Å². The lowest BCUT2D eigenvalue weighted by atomic mass is 9.35. The van der Waals surface area contributed by atoms with Crippen molar-refractivity contribution in [2.24, 2.45) is 10.8 Å². The summed E-state index contributed by atoms with van der Waals surface area (Å²) in [5.41, 5.74) is 0.549. The average Bonchev–Trinajstić information content (AvgIpc) is 2.10. The van der Waals surface area contributed by atoms with E-state index >= 15 is 0 Å². The maximum atomic E-state index is 10.5. The van der Waals surface area contributed by atoms with Crippen molar-refractivity contribution >= 4 is 14.3 Å². The predicted octanol–water partition coefficient (Wildman–Crippen LogP) is 3.82. The van der Waals surface area contributed by atoms with E-state index < -0.39 is 14.3 Å². The molecule has 19 heavy (non-hydrogen) atoms. The molecule has 1 N–H and O–H groups in total. The van der Waals surface area contributed by atoms with Crippen LogP contribution in [0.5, 0.6) is 0 Å². The summed E-state index contributed by atoms with van der Waals surface area (Å²) in [6.45, 7) is 12.2. The third kappa shape index (κ3) is 2.65. The van der Waals surface area contributed by atoms with E-state index in [1.807, 2.05) is 6.08 Å². The molecule has 0 spiro atoms. The number of carbonyl (C=O) groups is 1. The van der Waals surface area contributed by atoms with Gasteiger partial charge in [-0.05, 0) is 48.2 Å². The largest absolute Gasteiger partial charge is 0.478 e. The van der Waals surface area contributed by atoms with Gasteiger partial charge in [0, 0.05) is 12.7 Å². The lowest BCUT2D eigenvalue weighted by molar-refractivity contribution is -0.189. The van der Waals surface area contributed by atoms with Gasteiger partial charge in [-0.3, -0.25) is 0 Å². The summed E-state index contributed by atoms with van der Waals surface area (Å²) in [6, 6.07) is 0. The van der Waals surface area contributed by atoms with E-state index in [1.165, 1.54) is 6.08 Å². The predicted molar refractivity (Wildman–Crippen MR) is 78.6 cm³/mol. The lowest BCUT2D eigenvalue weighted by Crippen LogP contribution is -2.63. The van der Waals surface area contributed by atoms with Gasteiger partial charge in [0.1, 0.15) is 0 Å². The second kappa shape index (κ2) is 4.19. The van der Waals surface area contributed by atoms with Crippen LogP contribution in [0.1, 0.15) is 40.0 Å². The van der Waals surface area contributed by atoms with E-state index in [4.69, 9.17) is 9.53 Å². The van der Waals surface area contributed by atoms with Crippen LogP contribution in [-0.4, -0.2) is 26.0 Å². The van der Waals surface area contributed by atoms with Crippen molar-refractivity contribution in [2.45, 2.75) is 58.2 Å². The van der Waals surface area contributed by atoms with Crippen molar-refractivity contribution in [2.75, 3.05) is 6.61 Å². The Morgan fingerprint density at radius 2 is 1.84 bits per heavy atom. The molecule has 0 amide bonds. The zero-order valence-corrected chi connectivity index (χ0v) is 13.7.